The minimum Gasteiger partial charge on any atom is -0.449 e. The Kier molecular flexibility index (Phi) is 4.76. The average molecular weight is 433 g/mol. The maximum Gasteiger partial charge on any atom is 0.416 e. The number of imide groups is 1. The molecule has 1 aliphatic heterocycles. The number of nitrogens with zero attached hydrogens (tertiary/aromatic N) is 1. The number of hydrogen-bond donors (Lipinski definition) is 0. The van der Waals surface area contributed by atoms with Gasteiger partial charge in [0, 0.05) is 0 Å². The molecule has 0 saturated carbocycles. The highest BCUT2D eigenvalue weighted by Crippen LogP contribution is 2.40. The number of alkyl halides is 3. The number of benzene rings is 3. The van der Waals surface area contributed by atoms with Crippen LogP contribution in [0.25, 0.3) is 0 Å². The lowest BCUT2D eigenvalue weighted by Crippen LogP contribution is -2.29. The van der Waals surface area contributed by atoms with Gasteiger partial charge in [-0.25, -0.2) is 13.7 Å². The third-order valence-corrected chi connectivity index (χ3v) is 4.69. The van der Waals surface area contributed by atoms with Gasteiger partial charge in [0.05, 0.1) is 22.4 Å². The Morgan fingerprint density at radius 2 is 1.39 bits per heavy atom. The van der Waals surface area contributed by atoms with E-state index >= 15 is 0 Å². The van der Waals surface area contributed by atoms with E-state index in [1.807, 2.05) is 0 Å². The molecule has 9 heteroatoms. The number of aryl methyl sites for hydroxylation is 1. The molecule has 158 valence electrons. The van der Waals surface area contributed by atoms with Crippen LogP contribution in [0.1, 0.15) is 31.8 Å². The molecule has 0 atom stereocenters. The zero-order valence-electron chi connectivity index (χ0n) is 15.8. The van der Waals surface area contributed by atoms with E-state index in [1.54, 1.807) is 19.1 Å². The molecule has 0 N–H and O–H groups in total. The van der Waals surface area contributed by atoms with E-state index in [2.05, 4.69) is 0 Å². The van der Waals surface area contributed by atoms with Crippen molar-refractivity contribution in [2.24, 2.45) is 0 Å². The Bertz CT molecular complexity index is 1180. The van der Waals surface area contributed by atoms with Crippen LogP contribution in [0, 0.1) is 18.6 Å². The summed E-state index contributed by atoms with van der Waals surface area (Å²) < 4.78 is 72.1. The summed E-state index contributed by atoms with van der Waals surface area (Å²) in [5.41, 5.74) is -0.713. The average Bonchev–Trinajstić information content (AvgIpc) is 2.95. The smallest absolute Gasteiger partial charge is 0.416 e. The summed E-state index contributed by atoms with van der Waals surface area (Å²) in [7, 11) is 0. The van der Waals surface area contributed by atoms with E-state index in [0.717, 1.165) is 4.90 Å². The number of ether oxygens (including phenoxy) is 1. The Morgan fingerprint density at radius 3 is 1.90 bits per heavy atom. The summed E-state index contributed by atoms with van der Waals surface area (Å²) in [4.78, 5) is 26.4. The lowest BCUT2D eigenvalue weighted by atomic mass is 10.1. The van der Waals surface area contributed by atoms with Gasteiger partial charge in [-0.05, 0) is 48.9 Å². The minimum atomic E-state index is -4.95. The van der Waals surface area contributed by atoms with Gasteiger partial charge >= 0.3 is 6.18 Å². The maximum atomic E-state index is 14.3. The van der Waals surface area contributed by atoms with Crippen molar-refractivity contribution in [3.63, 3.8) is 0 Å². The fraction of sp³-hybridized carbons (Fsp3) is 0.0909. The molecule has 4 rings (SSSR count). The van der Waals surface area contributed by atoms with Gasteiger partial charge < -0.3 is 4.74 Å². The van der Waals surface area contributed by atoms with Crippen LogP contribution in [-0.4, -0.2) is 11.8 Å². The first-order valence-electron chi connectivity index (χ1n) is 8.90. The minimum absolute atomic E-state index is 0.0927. The van der Waals surface area contributed by atoms with Gasteiger partial charge in [-0.1, -0.05) is 18.2 Å². The molecule has 31 heavy (non-hydrogen) atoms. The summed E-state index contributed by atoms with van der Waals surface area (Å²) in [6.45, 7) is 1.66. The number of carbonyl (C=O) groups excluding carboxylic acids is 2. The van der Waals surface area contributed by atoms with Crippen LogP contribution in [0.15, 0.2) is 54.6 Å². The number of fused-ring (bicyclic) bond motifs is 1. The number of halogens is 5. The van der Waals surface area contributed by atoms with Crippen molar-refractivity contribution in [3.8, 4) is 11.5 Å². The van der Waals surface area contributed by atoms with Crippen LogP contribution in [-0.2, 0) is 6.18 Å². The predicted molar refractivity (Wildman–Crippen MR) is 100 cm³/mol. The summed E-state index contributed by atoms with van der Waals surface area (Å²) in [6, 6.07) is 10.4. The first kappa shape index (κ1) is 20.5. The van der Waals surface area contributed by atoms with Gasteiger partial charge in [0.1, 0.15) is 0 Å². The summed E-state index contributed by atoms with van der Waals surface area (Å²) in [5, 5.41) is 0. The quantitative estimate of drug-likeness (QED) is 0.383. The van der Waals surface area contributed by atoms with E-state index < -0.39 is 40.9 Å². The number of carbonyl (C=O) groups is 2. The Balaban J connectivity index is 1.78. The number of rotatable bonds is 3. The molecule has 3 aromatic carbocycles. The normalized spacial score (nSPS) is 13.5. The lowest BCUT2D eigenvalue weighted by molar-refractivity contribution is -0.138. The fourth-order valence-corrected chi connectivity index (χ4v) is 3.23. The highest BCUT2D eigenvalue weighted by molar-refractivity contribution is 6.34. The third-order valence-electron chi connectivity index (χ3n) is 4.69. The lowest BCUT2D eigenvalue weighted by Gasteiger charge is -2.20. The molecule has 0 saturated heterocycles. The van der Waals surface area contributed by atoms with Crippen molar-refractivity contribution in [3.05, 3.63) is 88.5 Å². The predicted octanol–water partition coefficient (Wildman–Crippen LogP) is 5.88. The number of hydrogen-bond acceptors (Lipinski definition) is 3. The molecule has 0 aliphatic carbocycles. The molecule has 0 aromatic heterocycles. The van der Waals surface area contributed by atoms with Gasteiger partial charge in [-0.2, -0.15) is 13.2 Å². The zero-order chi connectivity index (χ0) is 22.5. The van der Waals surface area contributed by atoms with Crippen molar-refractivity contribution >= 4 is 17.5 Å². The van der Waals surface area contributed by atoms with Crippen molar-refractivity contribution < 1.29 is 36.3 Å². The topological polar surface area (TPSA) is 46.6 Å². The van der Waals surface area contributed by atoms with Crippen LogP contribution < -0.4 is 9.64 Å². The van der Waals surface area contributed by atoms with Crippen LogP contribution in [0.2, 0.25) is 0 Å². The molecule has 4 nitrogen and oxygen atoms in total. The first-order valence-corrected chi connectivity index (χ1v) is 8.90. The molecule has 1 heterocycles. The van der Waals surface area contributed by atoms with Crippen LogP contribution in [0.5, 0.6) is 11.5 Å². The van der Waals surface area contributed by atoms with Crippen molar-refractivity contribution in [1.82, 2.24) is 0 Å². The largest absolute Gasteiger partial charge is 0.449 e. The summed E-state index contributed by atoms with van der Waals surface area (Å²) >= 11 is 0. The molecule has 2 amide bonds. The van der Waals surface area contributed by atoms with Crippen molar-refractivity contribution in [1.29, 1.82) is 0 Å². The number of anilines is 1. The van der Waals surface area contributed by atoms with E-state index in [9.17, 15) is 31.5 Å². The van der Waals surface area contributed by atoms with Gasteiger partial charge in [0.2, 0.25) is 0 Å². The first-order chi connectivity index (χ1) is 14.6. The molecular formula is C22H12F5NO3. The molecule has 0 spiro atoms. The molecule has 0 fully saturated rings. The van der Waals surface area contributed by atoms with Gasteiger partial charge in [-0.15, -0.1) is 0 Å². The SMILES string of the molecule is Cc1ccc(Oc2c(F)cc(C(F)(F)F)cc2F)c(N2C(=O)c3ccccc3C2=O)c1. The molecule has 0 bridgehead atoms. The maximum absolute atomic E-state index is 14.3. The highest BCUT2D eigenvalue weighted by Gasteiger charge is 2.38. The monoisotopic (exact) mass is 433 g/mol. The second kappa shape index (κ2) is 7.19. The Morgan fingerprint density at radius 1 is 0.839 bits per heavy atom. The van der Waals surface area contributed by atoms with Crippen molar-refractivity contribution in [2.75, 3.05) is 4.90 Å². The van der Waals surface area contributed by atoms with E-state index in [4.69, 9.17) is 4.74 Å². The second-order valence-electron chi connectivity index (χ2n) is 6.83. The van der Waals surface area contributed by atoms with E-state index in [1.165, 1.54) is 30.3 Å². The van der Waals surface area contributed by atoms with Gasteiger partial charge in [0.25, 0.3) is 11.8 Å². The van der Waals surface area contributed by atoms with Gasteiger partial charge in [-0.3, -0.25) is 9.59 Å². The Hall–Kier alpha value is -3.75. The summed E-state index contributed by atoms with van der Waals surface area (Å²) in [6.07, 6.45) is -4.95. The van der Waals surface area contributed by atoms with E-state index in [0.29, 0.717) is 5.56 Å². The molecule has 3 aromatic rings. The molecule has 0 radical (unpaired) electrons. The molecule has 1 aliphatic rings. The zero-order valence-corrected chi connectivity index (χ0v) is 15.8. The molecule has 0 unspecified atom stereocenters. The third kappa shape index (κ3) is 3.52. The van der Waals surface area contributed by atoms with Gasteiger partial charge in [0.15, 0.2) is 23.1 Å². The van der Waals surface area contributed by atoms with Crippen molar-refractivity contribution in [2.45, 2.75) is 13.1 Å². The number of amides is 2. The molecular weight excluding hydrogens is 421 g/mol. The second-order valence-corrected chi connectivity index (χ2v) is 6.83. The Labute approximate surface area is 172 Å². The standard InChI is InChI=1S/C22H12F5NO3/c1-11-6-7-18(31-19-15(23)9-12(10-16(19)24)22(25,26)27)17(8-11)28-20(29)13-4-2-3-5-14(13)21(28)30/h2-10H,1H3. The van der Waals surface area contributed by atoms with E-state index in [-0.39, 0.29) is 34.7 Å². The summed E-state index contributed by atoms with van der Waals surface area (Å²) in [5.74, 6) is -5.86. The van der Waals surface area contributed by atoms with Crippen LogP contribution in [0.3, 0.4) is 0 Å². The van der Waals surface area contributed by atoms with Crippen LogP contribution in [0.4, 0.5) is 27.6 Å². The highest BCUT2D eigenvalue weighted by atomic mass is 19.4. The fourth-order valence-electron chi connectivity index (χ4n) is 3.23. The van der Waals surface area contributed by atoms with Crippen LogP contribution >= 0.6 is 0 Å².